The van der Waals surface area contributed by atoms with E-state index in [9.17, 15) is 18.0 Å². The van der Waals surface area contributed by atoms with Gasteiger partial charge in [0, 0.05) is 5.92 Å². The van der Waals surface area contributed by atoms with Gasteiger partial charge in [0.2, 0.25) is 0 Å². The van der Waals surface area contributed by atoms with Gasteiger partial charge in [-0.15, -0.1) is 0 Å². The number of carbonyl (C=O) groups is 2. The van der Waals surface area contributed by atoms with Crippen molar-refractivity contribution in [1.29, 1.82) is 0 Å². The van der Waals surface area contributed by atoms with Gasteiger partial charge in [0.15, 0.2) is 0 Å². The molecular weight excluding hydrogens is 276 g/mol. The van der Waals surface area contributed by atoms with Crippen molar-refractivity contribution in [1.82, 2.24) is 0 Å². The maximum atomic E-state index is 11.9. The molecule has 2 aliphatic carbocycles. The van der Waals surface area contributed by atoms with Gasteiger partial charge in [-0.3, -0.25) is 14.1 Å². The number of esters is 2. The molecule has 0 radical (unpaired) electrons. The van der Waals surface area contributed by atoms with E-state index in [1.807, 2.05) is 0 Å². The van der Waals surface area contributed by atoms with Crippen LogP contribution in [-0.4, -0.2) is 43.4 Å². The molecule has 0 aromatic carbocycles. The first kappa shape index (κ1) is 12.9. The minimum absolute atomic E-state index is 0.0515. The molecule has 5 atom stereocenters. The van der Waals surface area contributed by atoms with Crippen molar-refractivity contribution in [3.05, 3.63) is 0 Å². The zero-order chi connectivity index (χ0) is 13.8. The SMILES string of the molecule is O=C1OC2C[C@@H]3CC2C1C3C(=O)OCCS(=O)(=O)O. The quantitative estimate of drug-likeness (QED) is 0.555. The van der Waals surface area contributed by atoms with E-state index in [0.717, 1.165) is 6.42 Å². The Hall–Kier alpha value is -1.15. The van der Waals surface area contributed by atoms with E-state index in [2.05, 4.69) is 0 Å². The lowest BCUT2D eigenvalue weighted by Crippen LogP contribution is -2.34. The topological polar surface area (TPSA) is 107 Å². The second-order valence-electron chi connectivity index (χ2n) is 5.38. The first-order valence-electron chi connectivity index (χ1n) is 6.19. The molecule has 2 bridgehead atoms. The first-order chi connectivity index (χ1) is 8.87. The summed E-state index contributed by atoms with van der Waals surface area (Å²) in [5, 5.41) is 0. The van der Waals surface area contributed by atoms with E-state index in [0.29, 0.717) is 6.42 Å². The van der Waals surface area contributed by atoms with Crippen molar-refractivity contribution in [2.24, 2.45) is 23.7 Å². The number of fused-ring (bicyclic) bond motifs is 1. The van der Waals surface area contributed by atoms with Crippen LogP contribution in [-0.2, 0) is 29.2 Å². The molecule has 19 heavy (non-hydrogen) atoms. The molecule has 0 aromatic heterocycles. The first-order valence-corrected chi connectivity index (χ1v) is 7.80. The van der Waals surface area contributed by atoms with Crippen molar-refractivity contribution >= 4 is 22.1 Å². The van der Waals surface area contributed by atoms with Crippen LogP contribution in [0.4, 0.5) is 0 Å². The molecule has 0 spiro atoms. The summed E-state index contributed by atoms with van der Waals surface area (Å²) in [7, 11) is -4.14. The van der Waals surface area contributed by atoms with Gasteiger partial charge in [0.05, 0.1) is 11.8 Å². The van der Waals surface area contributed by atoms with Crippen molar-refractivity contribution < 1.29 is 32.0 Å². The Morgan fingerprint density at radius 1 is 1.42 bits per heavy atom. The van der Waals surface area contributed by atoms with Gasteiger partial charge in [-0.05, 0) is 18.8 Å². The number of hydrogen-bond acceptors (Lipinski definition) is 6. The summed E-state index contributed by atoms with van der Waals surface area (Å²) in [5.74, 6) is -2.27. The molecule has 1 saturated heterocycles. The highest BCUT2D eigenvalue weighted by Crippen LogP contribution is 2.57. The zero-order valence-corrected chi connectivity index (χ0v) is 10.8. The van der Waals surface area contributed by atoms with Gasteiger partial charge in [-0.25, -0.2) is 0 Å². The summed E-state index contributed by atoms with van der Waals surface area (Å²) in [4.78, 5) is 23.6. The van der Waals surface area contributed by atoms with Crippen LogP contribution in [0.5, 0.6) is 0 Å². The van der Waals surface area contributed by atoms with Crippen LogP contribution in [0, 0.1) is 23.7 Å². The van der Waals surface area contributed by atoms with Crippen molar-refractivity contribution in [3.8, 4) is 0 Å². The third kappa shape index (κ3) is 2.12. The predicted molar refractivity (Wildman–Crippen MR) is 60.4 cm³/mol. The van der Waals surface area contributed by atoms with E-state index >= 15 is 0 Å². The average molecular weight is 290 g/mol. The monoisotopic (exact) mass is 290 g/mol. The number of ether oxygens (including phenoxy) is 2. The Labute approximate surface area is 110 Å². The number of hydrogen-bond donors (Lipinski definition) is 1. The van der Waals surface area contributed by atoms with Gasteiger partial charge in [0.25, 0.3) is 10.1 Å². The van der Waals surface area contributed by atoms with Crippen LogP contribution in [0.25, 0.3) is 0 Å². The maximum absolute atomic E-state index is 11.9. The lowest BCUT2D eigenvalue weighted by Gasteiger charge is -2.22. The van der Waals surface area contributed by atoms with Crippen LogP contribution in [0.1, 0.15) is 12.8 Å². The fourth-order valence-electron chi connectivity index (χ4n) is 3.67. The van der Waals surface area contributed by atoms with Crippen molar-refractivity contribution in [2.45, 2.75) is 18.9 Å². The Kier molecular flexibility index (Phi) is 2.82. The Morgan fingerprint density at radius 2 is 2.16 bits per heavy atom. The van der Waals surface area contributed by atoms with Crippen LogP contribution in [0.15, 0.2) is 0 Å². The smallest absolute Gasteiger partial charge is 0.310 e. The molecule has 4 unspecified atom stereocenters. The zero-order valence-electron chi connectivity index (χ0n) is 10.0. The highest BCUT2D eigenvalue weighted by Gasteiger charge is 2.64. The van der Waals surface area contributed by atoms with Crippen LogP contribution in [0.3, 0.4) is 0 Å². The van der Waals surface area contributed by atoms with E-state index in [-0.39, 0.29) is 23.9 Å². The number of carbonyl (C=O) groups excluding carboxylic acids is 2. The largest absolute Gasteiger partial charge is 0.464 e. The summed E-state index contributed by atoms with van der Waals surface area (Å²) >= 11 is 0. The third-order valence-electron chi connectivity index (χ3n) is 4.34. The van der Waals surface area contributed by atoms with Crippen molar-refractivity contribution in [2.75, 3.05) is 12.4 Å². The molecule has 3 aliphatic rings. The van der Waals surface area contributed by atoms with Crippen LogP contribution >= 0.6 is 0 Å². The summed E-state index contributed by atoms with van der Waals surface area (Å²) in [6, 6.07) is 0. The van der Waals surface area contributed by atoms with E-state index in [1.165, 1.54) is 0 Å². The average Bonchev–Trinajstić information content (AvgIpc) is 2.86. The fourth-order valence-corrected chi connectivity index (χ4v) is 3.96. The minimum atomic E-state index is -4.14. The van der Waals surface area contributed by atoms with Crippen LogP contribution in [0.2, 0.25) is 0 Å². The molecule has 1 N–H and O–H groups in total. The summed E-state index contributed by atoms with van der Waals surface area (Å²) in [5.41, 5.74) is 0. The second-order valence-corrected chi connectivity index (χ2v) is 6.95. The molecule has 8 heteroatoms. The summed E-state index contributed by atoms with van der Waals surface area (Å²) in [6.07, 6.45) is 1.42. The summed E-state index contributed by atoms with van der Waals surface area (Å²) < 4.78 is 39.7. The van der Waals surface area contributed by atoms with Gasteiger partial charge in [0.1, 0.15) is 18.5 Å². The second kappa shape index (κ2) is 4.17. The standard InChI is InChI=1S/C11H14O7S/c12-10(17-1-2-19(14,15)16)8-5-3-6-7(4-5)18-11(13)9(6)8/h5-9H,1-4H2,(H,14,15,16)/t5-,6?,7?,8?,9?/m0/s1. The molecule has 3 rings (SSSR count). The molecule has 1 aliphatic heterocycles. The van der Waals surface area contributed by atoms with E-state index < -0.39 is 40.3 Å². The normalized spacial score (nSPS) is 39.4. The van der Waals surface area contributed by atoms with Gasteiger partial charge < -0.3 is 9.47 Å². The Morgan fingerprint density at radius 3 is 2.84 bits per heavy atom. The number of rotatable bonds is 4. The molecule has 0 amide bonds. The lowest BCUT2D eigenvalue weighted by molar-refractivity contribution is -0.155. The van der Waals surface area contributed by atoms with Gasteiger partial charge >= 0.3 is 11.9 Å². The molecule has 3 fully saturated rings. The van der Waals surface area contributed by atoms with Crippen molar-refractivity contribution in [3.63, 3.8) is 0 Å². The third-order valence-corrected chi connectivity index (χ3v) is 5.02. The molecule has 0 aromatic rings. The maximum Gasteiger partial charge on any atom is 0.310 e. The van der Waals surface area contributed by atoms with Gasteiger partial charge in [-0.2, -0.15) is 8.42 Å². The highest BCUT2D eigenvalue weighted by molar-refractivity contribution is 7.85. The molecule has 106 valence electrons. The molecule has 1 heterocycles. The Bertz CT molecular complexity index is 523. The highest BCUT2D eigenvalue weighted by atomic mass is 32.2. The molecular formula is C11H14O7S. The lowest BCUT2D eigenvalue weighted by atomic mass is 9.80. The Balaban J connectivity index is 1.63. The van der Waals surface area contributed by atoms with E-state index in [1.54, 1.807) is 0 Å². The predicted octanol–water partition coefficient (Wildman–Crippen LogP) is -0.385. The fraction of sp³-hybridized carbons (Fsp3) is 0.818. The summed E-state index contributed by atoms with van der Waals surface area (Å²) in [6.45, 7) is -0.392. The molecule has 2 saturated carbocycles. The molecule has 7 nitrogen and oxygen atoms in total. The van der Waals surface area contributed by atoms with E-state index in [4.69, 9.17) is 14.0 Å². The minimum Gasteiger partial charge on any atom is -0.464 e. The van der Waals surface area contributed by atoms with Gasteiger partial charge in [-0.1, -0.05) is 0 Å². The van der Waals surface area contributed by atoms with Crippen LogP contribution < -0.4 is 0 Å².